The van der Waals surface area contributed by atoms with Crippen LogP contribution >= 0.6 is 11.3 Å². The van der Waals surface area contributed by atoms with Gasteiger partial charge in [0.25, 0.3) is 5.91 Å². The van der Waals surface area contributed by atoms with Crippen LogP contribution in [0.4, 0.5) is 0 Å². The number of amides is 1. The standard InChI is InChI=1S/C12H18N2O4S2/c1-12(6-2-8-18-12)11(15)14-7-5-9-3-4-10(19-9)20(13,16)17/h3-4H,2,5-8H2,1H3,(H,14,15)(H2,13,16,17). The molecule has 1 aliphatic rings. The van der Waals surface area contributed by atoms with Crippen LogP contribution in [0.25, 0.3) is 0 Å². The molecule has 1 fully saturated rings. The van der Waals surface area contributed by atoms with E-state index in [0.29, 0.717) is 19.6 Å². The maximum absolute atomic E-state index is 12.0. The van der Waals surface area contributed by atoms with E-state index in [-0.39, 0.29) is 10.1 Å². The smallest absolute Gasteiger partial charge is 0.251 e. The number of primary sulfonamides is 1. The molecule has 0 aromatic carbocycles. The van der Waals surface area contributed by atoms with Gasteiger partial charge in [0.1, 0.15) is 9.81 Å². The van der Waals surface area contributed by atoms with Crippen molar-refractivity contribution in [1.29, 1.82) is 0 Å². The maximum Gasteiger partial charge on any atom is 0.251 e. The number of nitrogens with one attached hydrogen (secondary N) is 1. The normalized spacial score (nSPS) is 22.9. The zero-order valence-electron chi connectivity index (χ0n) is 11.2. The van der Waals surface area contributed by atoms with Crippen molar-refractivity contribution >= 4 is 27.3 Å². The second-order valence-corrected chi connectivity index (χ2v) is 7.91. The van der Waals surface area contributed by atoms with Crippen molar-refractivity contribution in [3.05, 3.63) is 17.0 Å². The number of nitrogens with two attached hydrogens (primary N) is 1. The number of ether oxygens (including phenoxy) is 1. The van der Waals surface area contributed by atoms with Gasteiger partial charge in [0.05, 0.1) is 0 Å². The second-order valence-electron chi connectivity index (χ2n) is 4.95. The number of carbonyl (C=O) groups is 1. The van der Waals surface area contributed by atoms with E-state index in [0.717, 1.165) is 29.1 Å². The number of thiophene rings is 1. The number of hydrogen-bond acceptors (Lipinski definition) is 5. The van der Waals surface area contributed by atoms with Gasteiger partial charge < -0.3 is 10.1 Å². The molecule has 1 aromatic rings. The summed E-state index contributed by atoms with van der Waals surface area (Å²) in [6, 6.07) is 3.20. The first-order valence-electron chi connectivity index (χ1n) is 6.35. The molecular weight excluding hydrogens is 300 g/mol. The van der Waals surface area contributed by atoms with E-state index in [4.69, 9.17) is 9.88 Å². The summed E-state index contributed by atoms with van der Waals surface area (Å²) in [5.74, 6) is -0.113. The predicted molar refractivity (Wildman–Crippen MR) is 76.0 cm³/mol. The van der Waals surface area contributed by atoms with Crippen LogP contribution in [-0.2, 0) is 26.0 Å². The fourth-order valence-electron chi connectivity index (χ4n) is 2.09. The molecule has 0 saturated carbocycles. The highest BCUT2D eigenvalue weighted by molar-refractivity contribution is 7.91. The lowest BCUT2D eigenvalue weighted by molar-refractivity contribution is -0.139. The van der Waals surface area contributed by atoms with Crippen molar-refractivity contribution in [2.45, 2.75) is 36.0 Å². The molecule has 3 N–H and O–H groups in total. The summed E-state index contributed by atoms with van der Waals surface area (Å²) >= 11 is 1.13. The summed E-state index contributed by atoms with van der Waals surface area (Å²) in [4.78, 5) is 12.8. The minimum atomic E-state index is -3.64. The van der Waals surface area contributed by atoms with Gasteiger partial charge >= 0.3 is 0 Å². The fraction of sp³-hybridized carbons (Fsp3) is 0.583. The molecule has 2 heterocycles. The predicted octanol–water partition coefficient (Wildman–Crippen LogP) is 0.623. The van der Waals surface area contributed by atoms with Gasteiger partial charge in [-0.05, 0) is 38.3 Å². The van der Waals surface area contributed by atoms with E-state index in [9.17, 15) is 13.2 Å². The van der Waals surface area contributed by atoms with E-state index >= 15 is 0 Å². The fourth-order valence-corrected chi connectivity index (χ4v) is 3.87. The zero-order chi connectivity index (χ0) is 14.8. The topological polar surface area (TPSA) is 98.5 Å². The largest absolute Gasteiger partial charge is 0.365 e. The van der Waals surface area contributed by atoms with Gasteiger partial charge in [-0.2, -0.15) is 0 Å². The molecule has 0 aliphatic carbocycles. The monoisotopic (exact) mass is 318 g/mol. The highest BCUT2D eigenvalue weighted by atomic mass is 32.2. The van der Waals surface area contributed by atoms with Crippen LogP contribution in [0.2, 0.25) is 0 Å². The molecule has 0 spiro atoms. The molecule has 112 valence electrons. The van der Waals surface area contributed by atoms with Gasteiger partial charge in [-0.1, -0.05) is 0 Å². The summed E-state index contributed by atoms with van der Waals surface area (Å²) in [7, 11) is -3.64. The van der Waals surface area contributed by atoms with Gasteiger partial charge in [-0.3, -0.25) is 4.79 Å². The SMILES string of the molecule is CC1(C(=O)NCCc2ccc(S(N)(=O)=O)s2)CCCO1. The third kappa shape index (κ3) is 3.57. The van der Waals surface area contributed by atoms with Crippen LogP contribution in [-0.4, -0.2) is 33.1 Å². The molecule has 0 bridgehead atoms. The molecule has 6 nitrogen and oxygen atoms in total. The molecule has 1 aliphatic heterocycles. The van der Waals surface area contributed by atoms with Gasteiger partial charge in [0.2, 0.25) is 10.0 Å². The first-order chi connectivity index (χ1) is 9.31. The van der Waals surface area contributed by atoms with E-state index in [1.54, 1.807) is 13.0 Å². The quantitative estimate of drug-likeness (QED) is 0.831. The molecule has 1 saturated heterocycles. The highest BCUT2D eigenvalue weighted by Crippen LogP contribution is 2.25. The number of rotatable bonds is 5. The summed E-state index contributed by atoms with van der Waals surface area (Å²) in [6.07, 6.45) is 2.20. The lowest BCUT2D eigenvalue weighted by Gasteiger charge is -2.21. The van der Waals surface area contributed by atoms with E-state index in [2.05, 4.69) is 5.32 Å². The zero-order valence-corrected chi connectivity index (χ0v) is 12.9. The molecule has 8 heteroatoms. The first kappa shape index (κ1) is 15.4. The minimum Gasteiger partial charge on any atom is -0.365 e. The Balaban J connectivity index is 1.84. The average molecular weight is 318 g/mol. The van der Waals surface area contributed by atoms with Crippen LogP contribution in [0.1, 0.15) is 24.6 Å². The van der Waals surface area contributed by atoms with E-state index in [1.807, 2.05) is 0 Å². The Morgan fingerprint density at radius 3 is 2.85 bits per heavy atom. The van der Waals surface area contributed by atoms with Crippen molar-refractivity contribution < 1.29 is 17.9 Å². The lowest BCUT2D eigenvalue weighted by Crippen LogP contribution is -2.44. The van der Waals surface area contributed by atoms with Crippen molar-refractivity contribution in [3.63, 3.8) is 0 Å². The van der Waals surface area contributed by atoms with E-state index in [1.165, 1.54) is 6.07 Å². The number of carbonyl (C=O) groups excluding carboxylic acids is 1. The average Bonchev–Trinajstić information content (AvgIpc) is 2.98. The van der Waals surface area contributed by atoms with E-state index < -0.39 is 15.6 Å². The number of hydrogen-bond donors (Lipinski definition) is 2. The Morgan fingerprint density at radius 1 is 1.55 bits per heavy atom. The Morgan fingerprint density at radius 2 is 2.30 bits per heavy atom. The molecular formula is C12H18N2O4S2. The van der Waals surface area contributed by atoms with Crippen LogP contribution in [0.15, 0.2) is 16.3 Å². The van der Waals surface area contributed by atoms with Gasteiger partial charge in [-0.25, -0.2) is 13.6 Å². The third-order valence-electron chi connectivity index (χ3n) is 3.27. The summed E-state index contributed by atoms with van der Waals surface area (Å²) < 4.78 is 27.9. The van der Waals surface area contributed by atoms with Crippen LogP contribution in [0, 0.1) is 0 Å². The van der Waals surface area contributed by atoms with Crippen molar-refractivity contribution in [1.82, 2.24) is 5.32 Å². The molecule has 20 heavy (non-hydrogen) atoms. The van der Waals surface area contributed by atoms with Gasteiger partial charge in [0, 0.05) is 18.0 Å². The van der Waals surface area contributed by atoms with Gasteiger partial charge in [0.15, 0.2) is 0 Å². The maximum atomic E-state index is 12.0. The Kier molecular flexibility index (Phi) is 4.48. The van der Waals surface area contributed by atoms with Crippen molar-refractivity contribution in [2.24, 2.45) is 5.14 Å². The molecule has 1 atom stereocenters. The highest BCUT2D eigenvalue weighted by Gasteiger charge is 2.37. The first-order valence-corrected chi connectivity index (χ1v) is 8.71. The molecule has 2 rings (SSSR count). The Bertz CT molecular complexity index is 588. The molecule has 1 unspecified atom stereocenters. The minimum absolute atomic E-state index is 0.113. The van der Waals surface area contributed by atoms with Crippen molar-refractivity contribution in [3.8, 4) is 0 Å². The van der Waals surface area contributed by atoms with Crippen LogP contribution in [0.5, 0.6) is 0 Å². The molecule has 1 aromatic heterocycles. The molecule has 1 amide bonds. The number of sulfonamides is 1. The van der Waals surface area contributed by atoms with Crippen LogP contribution < -0.4 is 10.5 Å². The lowest BCUT2D eigenvalue weighted by atomic mass is 10.0. The van der Waals surface area contributed by atoms with Crippen molar-refractivity contribution in [2.75, 3.05) is 13.2 Å². The summed E-state index contributed by atoms with van der Waals surface area (Å²) in [5, 5.41) is 7.87. The summed E-state index contributed by atoms with van der Waals surface area (Å²) in [6.45, 7) is 2.86. The Labute approximate surface area is 122 Å². The van der Waals surface area contributed by atoms with Gasteiger partial charge in [-0.15, -0.1) is 11.3 Å². The Hall–Kier alpha value is -0.960. The summed E-state index contributed by atoms with van der Waals surface area (Å²) in [5.41, 5.74) is -0.721. The second kappa shape index (κ2) is 5.80. The third-order valence-corrected chi connectivity index (χ3v) is 5.86. The van der Waals surface area contributed by atoms with Crippen LogP contribution in [0.3, 0.4) is 0 Å². The molecule has 0 radical (unpaired) electrons.